The number of rotatable bonds is 5. The second-order valence-corrected chi connectivity index (χ2v) is 2.23. The number of hydrogen-bond donors (Lipinski definition) is 0. The lowest BCUT2D eigenvalue weighted by atomic mass is 10.5. The van der Waals surface area contributed by atoms with Crippen LogP contribution in [0.5, 0.6) is 0 Å². The van der Waals surface area contributed by atoms with E-state index in [9.17, 15) is 9.59 Å². The summed E-state index contributed by atoms with van der Waals surface area (Å²) in [6, 6.07) is 0. The molecule has 0 saturated heterocycles. The van der Waals surface area contributed by atoms with Crippen LogP contribution in [0, 0.1) is 0 Å². The van der Waals surface area contributed by atoms with Crippen molar-refractivity contribution in [2.45, 2.75) is 33.6 Å². The van der Waals surface area contributed by atoms with Crippen molar-refractivity contribution in [3.05, 3.63) is 12.8 Å². The summed E-state index contributed by atoms with van der Waals surface area (Å²) in [5.41, 5.74) is 0. The van der Waals surface area contributed by atoms with Crippen molar-refractivity contribution in [3.63, 3.8) is 0 Å². The fourth-order valence-electron chi connectivity index (χ4n) is 0.360. The Balaban J connectivity index is 0. The first kappa shape index (κ1) is 16.1. The molecule has 5 heteroatoms. The van der Waals surface area contributed by atoms with Crippen LogP contribution in [0.2, 0.25) is 0 Å². The van der Waals surface area contributed by atoms with E-state index in [4.69, 9.17) is 0 Å². The molecule has 0 aliphatic rings. The molecule has 0 amide bonds. The molecule has 15 heavy (non-hydrogen) atoms. The molecule has 5 nitrogen and oxygen atoms in total. The summed E-state index contributed by atoms with van der Waals surface area (Å²) in [4.78, 5) is 28.9. The molecule has 0 fully saturated rings. The number of hydrogen-bond acceptors (Lipinski definition) is 5. The molecule has 0 heterocycles. The van der Waals surface area contributed by atoms with Gasteiger partial charge in [0.25, 0.3) is 0 Å². The first-order valence-electron chi connectivity index (χ1n) is 4.74. The van der Waals surface area contributed by atoms with Crippen LogP contribution in [0.15, 0.2) is 12.8 Å². The topological polar surface area (TPSA) is 61.8 Å². The van der Waals surface area contributed by atoms with Crippen molar-refractivity contribution >= 4 is 11.9 Å². The largest absolute Gasteiger partial charge is 0.435 e. The standard InChI is InChI=1S/C5H10O3.C5H8O2/c1-3-5(6)8-7-4-2;1-3-5(6)7-4-2/h3-4H2,1-2H3;4H,2-3H2,1H3. The zero-order chi connectivity index (χ0) is 12.1. The molecule has 0 bridgehead atoms. The minimum Gasteiger partial charge on any atom is -0.435 e. The first-order chi connectivity index (χ1) is 7.12. The zero-order valence-electron chi connectivity index (χ0n) is 9.45. The Kier molecular flexibility index (Phi) is 13.6. The Morgan fingerprint density at radius 1 is 1.13 bits per heavy atom. The van der Waals surface area contributed by atoms with Gasteiger partial charge in [-0.25, -0.2) is 4.79 Å². The number of ether oxygens (including phenoxy) is 1. The maximum atomic E-state index is 10.2. The lowest BCUT2D eigenvalue weighted by Gasteiger charge is -1.95. The fraction of sp³-hybridized carbons (Fsp3) is 0.600. The predicted octanol–water partition coefficient (Wildman–Crippen LogP) is 1.97. The van der Waals surface area contributed by atoms with Gasteiger partial charge in [-0.05, 0) is 6.92 Å². The van der Waals surface area contributed by atoms with Gasteiger partial charge in [0.1, 0.15) is 0 Å². The van der Waals surface area contributed by atoms with Gasteiger partial charge in [-0.15, -0.1) is 0 Å². The molecule has 0 aromatic rings. The molecule has 0 aromatic heterocycles. The SMILES string of the molecule is C=COC(=O)CC.CCOOC(=O)CC. The Hall–Kier alpha value is -1.36. The molecule has 0 saturated carbocycles. The van der Waals surface area contributed by atoms with Gasteiger partial charge in [0, 0.05) is 12.8 Å². The van der Waals surface area contributed by atoms with Crippen molar-refractivity contribution in [2.75, 3.05) is 6.61 Å². The van der Waals surface area contributed by atoms with E-state index in [-0.39, 0.29) is 11.9 Å². The predicted molar refractivity (Wildman–Crippen MR) is 54.6 cm³/mol. The van der Waals surface area contributed by atoms with Crippen molar-refractivity contribution in [2.24, 2.45) is 0 Å². The van der Waals surface area contributed by atoms with Crippen LogP contribution in [-0.2, 0) is 24.1 Å². The fourth-order valence-corrected chi connectivity index (χ4v) is 0.360. The summed E-state index contributed by atoms with van der Waals surface area (Å²) in [6.07, 6.45) is 1.90. The minimum atomic E-state index is -0.327. The van der Waals surface area contributed by atoms with Crippen molar-refractivity contribution in [1.29, 1.82) is 0 Å². The maximum Gasteiger partial charge on any atom is 0.342 e. The summed E-state index contributed by atoms with van der Waals surface area (Å²) >= 11 is 0. The van der Waals surface area contributed by atoms with Crippen LogP contribution in [0.3, 0.4) is 0 Å². The second-order valence-electron chi connectivity index (χ2n) is 2.23. The van der Waals surface area contributed by atoms with Crippen LogP contribution >= 0.6 is 0 Å². The van der Waals surface area contributed by atoms with Gasteiger partial charge < -0.3 is 4.74 Å². The Bertz CT molecular complexity index is 188. The van der Waals surface area contributed by atoms with Gasteiger partial charge in [-0.3, -0.25) is 9.68 Å². The normalized spacial score (nSPS) is 8.20. The highest BCUT2D eigenvalue weighted by Gasteiger charge is 1.95. The second kappa shape index (κ2) is 12.6. The smallest absolute Gasteiger partial charge is 0.342 e. The highest BCUT2D eigenvalue weighted by atomic mass is 17.2. The average molecular weight is 218 g/mol. The quantitative estimate of drug-likeness (QED) is 0.305. The van der Waals surface area contributed by atoms with Crippen LogP contribution in [0.25, 0.3) is 0 Å². The molecule has 0 unspecified atom stereocenters. The summed E-state index contributed by atoms with van der Waals surface area (Å²) < 4.78 is 4.32. The van der Waals surface area contributed by atoms with Crippen LogP contribution in [0.4, 0.5) is 0 Å². The van der Waals surface area contributed by atoms with E-state index in [0.29, 0.717) is 19.4 Å². The molecule has 0 rings (SSSR count). The van der Waals surface area contributed by atoms with Crippen LogP contribution in [-0.4, -0.2) is 18.5 Å². The van der Waals surface area contributed by atoms with Gasteiger partial charge in [0.2, 0.25) is 0 Å². The van der Waals surface area contributed by atoms with Crippen molar-refractivity contribution < 1.29 is 24.1 Å². The average Bonchev–Trinajstić information content (AvgIpc) is 2.26. The van der Waals surface area contributed by atoms with E-state index < -0.39 is 0 Å². The van der Waals surface area contributed by atoms with Crippen molar-refractivity contribution in [1.82, 2.24) is 0 Å². The van der Waals surface area contributed by atoms with E-state index in [2.05, 4.69) is 21.1 Å². The summed E-state index contributed by atoms with van der Waals surface area (Å²) in [5.74, 6) is -0.568. The molecule has 0 atom stereocenters. The van der Waals surface area contributed by atoms with E-state index in [0.717, 1.165) is 6.26 Å². The molecular formula is C10H18O5. The van der Waals surface area contributed by atoms with Gasteiger partial charge in [0.15, 0.2) is 0 Å². The molecule has 0 spiro atoms. The molecular weight excluding hydrogens is 200 g/mol. The lowest BCUT2D eigenvalue weighted by molar-refractivity contribution is -0.269. The molecule has 0 aliphatic carbocycles. The number of carbonyl (C=O) groups is 2. The van der Waals surface area contributed by atoms with E-state index in [1.165, 1.54) is 0 Å². The Labute approximate surface area is 89.9 Å². The van der Waals surface area contributed by atoms with E-state index in [1.54, 1.807) is 20.8 Å². The molecule has 0 aromatic carbocycles. The van der Waals surface area contributed by atoms with Gasteiger partial charge in [0.05, 0.1) is 12.9 Å². The maximum absolute atomic E-state index is 10.2. The summed E-state index contributed by atoms with van der Waals surface area (Å²) in [5, 5.41) is 0. The Morgan fingerprint density at radius 2 is 1.67 bits per heavy atom. The summed E-state index contributed by atoms with van der Waals surface area (Å²) in [7, 11) is 0. The zero-order valence-corrected chi connectivity index (χ0v) is 9.45. The van der Waals surface area contributed by atoms with Gasteiger partial charge in [-0.2, -0.15) is 4.89 Å². The number of carbonyl (C=O) groups excluding carboxylic acids is 2. The summed E-state index contributed by atoms with van der Waals surface area (Å²) in [6.45, 7) is 8.80. The van der Waals surface area contributed by atoms with Gasteiger partial charge in [-0.1, -0.05) is 20.4 Å². The monoisotopic (exact) mass is 218 g/mol. The molecule has 0 N–H and O–H groups in total. The third kappa shape index (κ3) is 15.4. The van der Waals surface area contributed by atoms with Gasteiger partial charge >= 0.3 is 11.9 Å². The number of esters is 1. The van der Waals surface area contributed by atoms with Crippen molar-refractivity contribution in [3.8, 4) is 0 Å². The lowest BCUT2D eigenvalue weighted by Crippen LogP contribution is -2.02. The van der Waals surface area contributed by atoms with E-state index >= 15 is 0 Å². The van der Waals surface area contributed by atoms with Crippen LogP contribution < -0.4 is 0 Å². The highest BCUT2D eigenvalue weighted by Crippen LogP contribution is 1.83. The van der Waals surface area contributed by atoms with E-state index in [1.807, 2.05) is 0 Å². The molecule has 88 valence electrons. The van der Waals surface area contributed by atoms with Crippen LogP contribution in [0.1, 0.15) is 33.6 Å². The third-order valence-electron chi connectivity index (χ3n) is 1.06. The third-order valence-corrected chi connectivity index (χ3v) is 1.06. The minimum absolute atomic E-state index is 0.241. The highest BCUT2D eigenvalue weighted by molar-refractivity contribution is 5.69. The molecule has 0 aliphatic heterocycles. The Morgan fingerprint density at radius 3 is 1.93 bits per heavy atom. The first-order valence-corrected chi connectivity index (χ1v) is 4.74. The molecule has 0 radical (unpaired) electrons.